The van der Waals surface area contributed by atoms with Gasteiger partial charge >= 0.3 is 64.0 Å². The fraction of sp³-hybridized carbons (Fsp3) is 1.00. The molecular weight excluding hydrogens is 288 g/mol. The first-order valence-electron chi connectivity index (χ1n) is 2.01. The zero-order chi connectivity index (χ0) is 9.12. The van der Waals surface area contributed by atoms with Gasteiger partial charge in [-0.3, -0.25) is 0 Å². The van der Waals surface area contributed by atoms with E-state index in [1.807, 2.05) is 0 Å². The molecule has 0 amide bonds. The molecule has 0 heterocycles. The monoisotopic (exact) mass is 295 g/mol. The topological polar surface area (TPSA) is 0 Å². The first kappa shape index (κ1) is 13.4. The summed E-state index contributed by atoms with van der Waals surface area (Å²) in [4.78, 5) is 4.59. The standard InChI is InChI=1S/2CH3.F6P.Sn/c;;1-7(2,3,4,5)6;/h2*1H3;;/q;;-1;. The van der Waals surface area contributed by atoms with Gasteiger partial charge in [-0.05, 0) is 0 Å². The van der Waals surface area contributed by atoms with Crippen LogP contribution in [0.1, 0.15) is 0 Å². The van der Waals surface area contributed by atoms with Crippen molar-refractivity contribution in [3.63, 3.8) is 0 Å². The third kappa shape index (κ3) is 821. The van der Waals surface area contributed by atoms with Gasteiger partial charge in [0.2, 0.25) is 0 Å². The van der Waals surface area contributed by atoms with Crippen molar-refractivity contribution in [1.29, 1.82) is 0 Å². The van der Waals surface area contributed by atoms with E-state index in [1.54, 1.807) is 0 Å². The van der Waals surface area contributed by atoms with Crippen molar-refractivity contribution < 1.29 is 25.2 Å². The number of hydrogen-bond acceptors (Lipinski definition) is 0. The van der Waals surface area contributed by atoms with Crippen LogP contribution < -0.4 is 0 Å². The van der Waals surface area contributed by atoms with Gasteiger partial charge in [0, 0.05) is 0 Å². The van der Waals surface area contributed by atoms with Crippen molar-refractivity contribution in [2.45, 2.75) is 9.88 Å². The van der Waals surface area contributed by atoms with Gasteiger partial charge in [-0.25, -0.2) is 0 Å². The van der Waals surface area contributed by atoms with Crippen molar-refractivity contribution in [1.82, 2.24) is 0 Å². The van der Waals surface area contributed by atoms with E-state index >= 15 is 0 Å². The van der Waals surface area contributed by atoms with Crippen LogP contribution in [0.5, 0.6) is 0 Å². The van der Waals surface area contributed by atoms with Crippen molar-refractivity contribution in [2.75, 3.05) is 0 Å². The third-order valence-corrected chi connectivity index (χ3v) is 0. The average Bonchev–Trinajstić information content (AvgIpc) is 1.20. The molecule has 10 heavy (non-hydrogen) atoms. The van der Waals surface area contributed by atoms with Gasteiger partial charge in [0.15, 0.2) is 0 Å². The zero-order valence-electron chi connectivity index (χ0n) is 5.22. The Bertz CT molecular complexity index is 85.1. The van der Waals surface area contributed by atoms with Gasteiger partial charge in [0.1, 0.15) is 0 Å². The van der Waals surface area contributed by atoms with Crippen LogP contribution in [0.4, 0.5) is 25.2 Å². The Hall–Kier alpha value is 0.809. The Morgan fingerprint density at radius 2 is 0.800 bits per heavy atom. The molecular formula is C2H6F6PSn-. The summed E-state index contributed by atoms with van der Waals surface area (Å²) in [6, 6.07) is 0. The second-order valence-corrected chi connectivity index (χ2v) is 6.23. The summed E-state index contributed by atoms with van der Waals surface area (Å²) in [5.41, 5.74) is 0. The minimum atomic E-state index is -10.7. The number of halogens is 6. The summed E-state index contributed by atoms with van der Waals surface area (Å²) in [6.07, 6.45) is 0. The van der Waals surface area contributed by atoms with E-state index in [9.17, 15) is 25.2 Å². The van der Waals surface area contributed by atoms with Crippen molar-refractivity contribution in [3.8, 4) is 0 Å². The quantitative estimate of drug-likeness (QED) is 0.357. The van der Waals surface area contributed by atoms with Crippen molar-refractivity contribution in [3.05, 3.63) is 0 Å². The molecule has 0 nitrogen and oxygen atoms in total. The van der Waals surface area contributed by atoms with E-state index in [2.05, 4.69) is 9.88 Å². The molecule has 0 saturated carbocycles. The summed E-state index contributed by atoms with van der Waals surface area (Å²) >= 11 is 0.230. The fourth-order valence-electron chi connectivity index (χ4n) is 0. The molecule has 0 unspecified atom stereocenters. The Morgan fingerprint density at radius 1 is 0.800 bits per heavy atom. The van der Waals surface area contributed by atoms with Crippen LogP contribution in [0.15, 0.2) is 0 Å². The summed E-state index contributed by atoms with van der Waals surface area (Å²) in [5.74, 6) is 0. The maximum atomic E-state index is 9.87. The Morgan fingerprint density at radius 3 is 0.800 bits per heavy atom. The molecule has 0 aliphatic carbocycles. The van der Waals surface area contributed by atoms with Gasteiger partial charge in [-0.2, -0.15) is 0 Å². The average molecular weight is 294 g/mol. The zero-order valence-corrected chi connectivity index (χ0v) is 8.96. The summed E-state index contributed by atoms with van der Waals surface area (Å²) in [5, 5.41) is 0. The van der Waals surface area contributed by atoms with Crippen LogP contribution >= 0.6 is 7.81 Å². The van der Waals surface area contributed by atoms with Gasteiger partial charge < -0.3 is 0 Å². The van der Waals surface area contributed by atoms with Gasteiger partial charge in [-0.15, -0.1) is 0 Å². The van der Waals surface area contributed by atoms with E-state index in [-0.39, 0.29) is 21.1 Å². The molecule has 0 aromatic heterocycles. The molecule has 0 aliphatic heterocycles. The number of hydrogen-bond donors (Lipinski definition) is 0. The summed E-state index contributed by atoms with van der Waals surface area (Å²) in [6.45, 7) is 0. The van der Waals surface area contributed by atoms with Crippen LogP contribution in [0.3, 0.4) is 0 Å². The van der Waals surface area contributed by atoms with Crippen LogP contribution in [0.2, 0.25) is 9.88 Å². The predicted molar refractivity (Wildman–Crippen MR) is 31.0 cm³/mol. The van der Waals surface area contributed by atoms with E-state index in [1.165, 1.54) is 0 Å². The Balaban J connectivity index is 0. The van der Waals surface area contributed by atoms with E-state index in [0.717, 1.165) is 0 Å². The predicted octanol–water partition coefficient (Wildman–Crippen LogP) is 4.17. The molecule has 0 rings (SSSR count). The SMILES string of the molecule is F[P-](F)(F)(F)(F)F.[CH3][Sn][CH3]. The Kier molecular flexibility index (Phi) is 3.61. The molecule has 0 aromatic carbocycles. The minimum absolute atomic E-state index is 0.230. The first-order chi connectivity index (χ1) is 3.86. The molecule has 2 radical (unpaired) electrons. The molecule has 0 aromatic rings. The van der Waals surface area contributed by atoms with Crippen LogP contribution in [-0.4, -0.2) is 21.1 Å². The molecule has 0 fully saturated rings. The molecule has 0 saturated heterocycles. The van der Waals surface area contributed by atoms with E-state index in [0.29, 0.717) is 0 Å². The van der Waals surface area contributed by atoms with Crippen molar-refractivity contribution in [2.24, 2.45) is 0 Å². The first-order valence-corrected chi connectivity index (χ1v) is 9.75. The molecule has 66 valence electrons. The van der Waals surface area contributed by atoms with Crippen LogP contribution in [-0.2, 0) is 0 Å². The van der Waals surface area contributed by atoms with Crippen molar-refractivity contribution >= 4 is 29.0 Å². The molecule has 0 spiro atoms. The van der Waals surface area contributed by atoms with Gasteiger partial charge in [-0.1, -0.05) is 0 Å². The summed E-state index contributed by atoms with van der Waals surface area (Å²) < 4.78 is 59.2. The van der Waals surface area contributed by atoms with Gasteiger partial charge in [0.05, 0.1) is 0 Å². The molecule has 0 atom stereocenters. The van der Waals surface area contributed by atoms with Crippen LogP contribution in [0, 0.1) is 0 Å². The normalized spacial score (nSPS) is 18.0. The number of rotatable bonds is 0. The Labute approximate surface area is 64.4 Å². The molecule has 0 bridgehead atoms. The maximum absolute atomic E-state index is 10.7. The second kappa shape index (κ2) is 2.69. The molecule has 0 N–H and O–H groups in total. The van der Waals surface area contributed by atoms with Gasteiger partial charge in [0.25, 0.3) is 0 Å². The summed E-state index contributed by atoms with van der Waals surface area (Å²) in [7, 11) is -10.7. The fourth-order valence-corrected chi connectivity index (χ4v) is 0. The van der Waals surface area contributed by atoms with Crippen LogP contribution in [0.25, 0.3) is 0 Å². The third-order valence-electron chi connectivity index (χ3n) is 0. The molecule has 8 heteroatoms. The van der Waals surface area contributed by atoms with E-state index < -0.39 is 7.81 Å². The van der Waals surface area contributed by atoms with E-state index in [4.69, 9.17) is 0 Å². The second-order valence-electron chi connectivity index (χ2n) is 1.46. The molecule has 0 aliphatic rings.